The zero-order valence-electron chi connectivity index (χ0n) is 10.3. The molecule has 1 unspecified atom stereocenters. The molecule has 1 atom stereocenters. The Bertz CT molecular complexity index is 440. The van der Waals surface area contributed by atoms with Gasteiger partial charge in [-0.3, -0.25) is 0 Å². The zero-order chi connectivity index (χ0) is 12.9. The molecule has 0 aliphatic rings. The first-order valence-corrected chi connectivity index (χ1v) is 7.35. The van der Waals surface area contributed by atoms with Crippen molar-refractivity contribution in [3.8, 4) is 0 Å². The summed E-state index contributed by atoms with van der Waals surface area (Å²) in [6.45, 7) is 4.02. The fraction of sp³-hybridized carbons (Fsp3) is 0.500. The molecule has 0 aliphatic heterocycles. The van der Waals surface area contributed by atoms with Crippen LogP contribution in [-0.4, -0.2) is 14.5 Å². The Hall–Kier alpha value is -1.07. The lowest BCUT2D eigenvalue weighted by molar-refractivity contribution is 0.512. The Labute approximate surface area is 103 Å². The Morgan fingerprint density at radius 3 is 2.29 bits per heavy atom. The van der Waals surface area contributed by atoms with E-state index in [1.165, 1.54) is 12.1 Å². The van der Waals surface area contributed by atoms with Gasteiger partial charge in [0.05, 0.1) is 4.90 Å². The van der Waals surface area contributed by atoms with E-state index >= 15 is 0 Å². The normalized spacial score (nSPS) is 13.5. The van der Waals surface area contributed by atoms with Crippen molar-refractivity contribution in [1.29, 1.82) is 0 Å². The van der Waals surface area contributed by atoms with E-state index in [-0.39, 0.29) is 10.9 Å². The largest absolute Gasteiger partial charge is 0.399 e. The summed E-state index contributed by atoms with van der Waals surface area (Å²) >= 11 is 0. The lowest BCUT2D eigenvalue weighted by Crippen LogP contribution is -2.34. The van der Waals surface area contributed by atoms with E-state index in [0.29, 0.717) is 5.69 Å². The van der Waals surface area contributed by atoms with Crippen molar-refractivity contribution >= 4 is 15.7 Å². The van der Waals surface area contributed by atoms with Crippen LogP contribution in [0.15, 0.2) is 29.2 Å². The van der Waals surface area contributed by atoms with Gasteiger partial charge in [0, 0.05) is 11.7 Å². The third-order valence-electron chi connectivity index (χ3n) is 2.64. The van der Waals surface area contributed by atoms with Crippen LogP contribution in [0.5, 0.6) is 0 Å². The number of anilines is 1. The van der Waals surface area contributed by atoms with Crippen LogP contribution in [0.4, 0.5) is 5.69 Å². The summed E-state index contributed by atoms with van der Waals surface area (Å²) in [5, 5.41) is 0. The summed E-state index contributed by atoms with van der Waals surface area (Å²) in [7, 11) is -3.42. The van der Waals surface area contributed by atoms with E-state index in [2.05, 4.69) is 4.72 Å². The molecule has 3 N–H and O–H groups in total. The second kappa shape index (κ2) is 6.02. The molecule has 4 nitrogen and oxygen atoms in total. The van der Waals surface area contributed by atoms with Gasteiger partial charge in [0.25, 0.3) is 0 Å². The predicted octanol–water partition coefficient (Wildman–Crippen LogP) is 2.13. The van der Waals surface area contributed by atoms with Gasteiger partial charge in [0.15, 0.2) is 0 Å². The van der Waals surface area contributed by atoms with Crippen LogP contribution in [0, 0.1) is 0 Å². The second-order valence-corrected chi connectivity index (χ2v) is 5.80. The van der Waals surface area contributed by atoms with Gasteiger partial charge in [0.1, 0.15) is 0 Å². The third-order valence-corrected chi connectivity index (χ3v) is 4.18. The number of nitrogens with one attached hydrogen (secondary N) is 1. The molecule has 17 heavy (non-hydrogen) atoms. The maximum absolute atomic E-state index is 12.0. The predicted molar refractivity (Wildman–Crippen MR) is 70.2 cm³/mol. The SMILES string of the molecule is CCCC(CC)NS(=O)(=O)c1ccc(N)cc1. The highest BCUT2D eigenvalue weighted by Gasteiger charge is 2.18. The molecule has 0 bridgehead atoms. The third kappa shape index (κ3) is 4.02. The van der Waals surface area contributed by atoms with Crippen molar-refractivity contribution in [2.45, 2.75) is 44.0 Å². The summed E-state index contributed by atoms with van der Waals surface area (Å²) < 4.78 is 26.8. The lowest BCUT2D eigenvalue weighted by Gasteiger charge is -2.16. The van der Waals surface area contributed by atoms with Crippen molar-refractivity contribution in [1.82, 2.24) is 4.72 Å². The van der Waals surface area contributed by atoms with Gasteiger partial charge < -0.3 is 5.73 Å². The average molecular weight is 256 g/mol. The molecule has 1 aromatic carbocycles. The number of nitrogens with two attached hydrogens (primary N) is 1. The Balaban J connectivity index is 2.84. The van der Waals surface area contributed by atoms with Crippen molar-refractivity contribution in [2.75, 3.05) is 5.73 Å². The van der Waals surface area contributed by atoms with Gasteiger partial charge in [-0.25, -0.2) is 13.1 Å². The maximum Gasteiger partial charge on any atom is 0.240 e. The molecule has 0 amide bonds. The number of rotatable bonds is 6. The van der Waals surface area contributed by atoms with Gasteiger partial charge >= 0.3 is 0 Å². The van der Waals surface area contributed by atoms with E-state index in [1.54, 1.807) is 12.1 Å². The first kappa shape index (κ1) is 14.0. The second-order valence-electron chi connectivity index (χ2n) is 4.08. The van der Waals surface area contributed by atoms with Crippen LogP contribution in [0.3, 0.4) is 0 Å². The minimum absolute atomic E-state index is 0.00236. The van der Waals surface area contributed by atoms with Gasteiger partial charge in [-0.1, -0.05) is 20.3 Å². The highest BCUT2D eigenvalue weighted by atomic mass is 32.2. The van der Waals surface area contributed by atoms with Crippen LogP contribution in [0.25, 0.3) is 0 Å². The number of nitrogen functional groups attached to an aromatic ring is 1. The summed E-state index contributed by atoms with van der Waals surface area (Å²) in [5.41, 5.74) is 6.09. The van der Waals surface area contributed by atoms with Crippen molar-refractivity contribution in [2.24, 2.45) is 0 Å². The average Bonchev–Trinajstić information content (AvgIpc) is 2.28. The minimum atomic E-state index is -3.42. The zero-order valence-corrected chi connectivity index (χ0v) is 11.1. The molecule has 0 aliphatic carbocycles. The van der Waals surface area contributed by atoms with E-state index < -0.39 is 10.0 Å². The molecule has 0 fully saturated rings. The Morgan fingerprint density at radius 1 is 1.24 bits per heavy atom. The fourth-order valence-electron chi connectivity index (χ4n) is 1.63. The lowest BCUT2D eigenvalue weighted by atomic mass is 10.1. The summed E-state index contributed by atoms with van der Waals surface area (Å²) in [6.07, 6.45) is 2.61. The molecule has 96 valence electrons. The minimum Gasteiger partial charge on any atom is -0.399 e. The fourth-order valence-corrected chi connectivity index (χ4v) is 2.98. The van der Waals surface area contributed by atoms with E-state index in [0.717, 1.165) is 19.3 Å². The molecule has 0 aromatic heterocycles. The van der Waals surface area contributed by atoms with Crippen LogP contribution in [0.1, 0.15) is 33.1 Å². The molecule has 0 spiro atoms. The molecule has 0 heterocycles. The highest BCUT2D eigenvalue weighted by molar-refractivity contribution is 7.89. The van der Waals surface area contributed by atoms with Gasteiger partial charge in [-0.2, -0.15) is 0 Å². The highest BCUT2D eigenvalue weighted by Crippen LogP contribution is 2.13. The van der Waals surface area contributed by atoms with Crippen LogP contribution in [-0.2, 0) is 10.0 Å². The Kier molecular flexibility index (Phi) is 4.96. The quantitative estimate of drug-likeness (QED) is 0.766. The van der Waals surface area contributed by atoms with E-state index in [9.17, 15) is 8.42 Å². The molecule has 0 radical (unpaired) electrons. The topological polar surface area (TPSA) is 72.2 Å². The summed E-state index contributed by atoms with van der Waals surface area (Å²) in [6, 6.07) is 6.24. The Morgan fingerprint density at radius 2 is 1.82 bits per heavy atom. The molecule has 5 heteroatoms. The van der Waals surface area contributed by atoms with Crippen molar-refractivity contribution < 1.29 is 8.42 Å². The van der Waals surface area contributed by atoms with Crippen LogP contribution in [0.2, 0.25) is 0 Å². The first-order valence-electron chi connectivity index (χ1n) is 5.87. The first-order chi connectivity index (χ1) is 7.99. The van der Waals surface area contributed by atoms with E-state index in [1.807, 2.05) is 13.8 Å². The van der Waals surface area contributed by atoms with Crippen LogP contribution >= 0.6 is 0 Å². The molecular weight excluding hydrogens is 236 g/mol. The number of sulfonamides is 1. The molecule has 0 saturated carbocycles. The van der Waals surface area contributed by atoms with Gasteiger partial charge in [-0.05, 0) is 37.1 Å². The smallest absolute Gasteiger partial charge is 0.240 e. The van der Waals surface area contributed by atoms with Gasteiger partial charge in [-0.15, -0.1) is 0 Å². The monoisotopic (exact) mass is 256 g/mol. The molecular formula is C12H20N2O2S. The van der Waals surface area contributed by atoms with Crippen molar-refractivity contribution in [3.05, 3.63) is 24.3 Å². The number of hydrogen-bond donors (Lipinski definition) is 2. The maximum atomic E-state index is 12.0. The van der Waals surface area contributed by atoms with Crippen LogP contribution < -0.4 is 10.5 Å². The molecule has 1 rings (SSSR count). The standard InChI is InChI=1S/C12H20N2O2S/c1-3-5-11(4-2)14-17(15,16)12-8-6-10(13)7-9-12/h6-9,11,14H,3-5,13H2,1-2H3. The van der Waals surface area contributed by atoms with Gasteiger partial charge in [0.2, 0.25) is 10.0 Å². The number of benzene rings is 1. The number of hydrogen-bond acceptors (Lipinski definition) is 3. The van der Waals surface area contributed by atoms with E-state index in [4.69, 9.17) is 5.73 Å². The summed E-state index contributed by atoms with van der Waals surface area (Å²) in [5.74, 6) is 0. The summed E-state index contributed by atoms with van der Waals surface area (Å²) in [4.78, 5) is 0.265. The molecule has 0 saturated heterocycles. The molecule has 1 aromatic rings. The van der Waals surface area contributed by atoms with Crippen molar-refractivity contribution in [3.63, 3.8) is 0 Å².